The van der Waals surface area contributed by atoms with Crippen LogP contribution in [0.15, 0.2) is 60.7 Å². The van der Waals surface area contributed by atoms with Crippen molar-refractivity contribution in [1.82, 2.24) is 0 Å². The Kier molecular flexibility index (Phi) is 6.00. The van der Waals surface area contributed by atoms with E-state index in [2.05, 4.69) is 4.90 Å². The molecule has 1 saturated heterocycles. The third-order valence-corrected chi connectivity index (χ3v) is 5.60. The molecule has 1 fully saturated rings. The zero-order chi connectivity index (χ0) is 21.8. The fraction of sp³-hybridized carbons (Fsp3) is 0.200. The Labute approximate surface area is 180 Å². The lowest BCUT2D eigenvalue weighted by Crippen LogP contribution is -2.36. The van der Waals surface area contributed by atoms with Crippen molar-refractivity contribution in [3.63, 3.8) is 0 Å². The Balaban J connectivity index is 1.83. The molecule has 0 amide bonds. The van der Waals surface area contributed by atoms with Crippen LogP contribution < -0.4 is 4.90 Å². The van der Waals surface area contributed by atoms with E-state index in [4.69, 9.17) is 4.74 Å². The summed E-state index contributed by atoms with van der Waals surface area (Å²) in [5, 5.41) is 21.2. The molecular weight excluding hydrogens is 394 g/mol. The van der Waals surface area contributed by atoms with Crippen LogP contribution in [0.25, 0.3) is 0 Å². The maximum absolute atomic E-state index is 11.4. The summed E-state index contributed by atoms with van der Waals surface area (Å²) in [5.41, 5.74) is 3.64. The van der Waals surface area contributed by atoms with Crippen LogP contribution in [0.2, 0.25) is 0 Å². The van der Waals surface area contributed by atoms with E-state index in [1.54, 1.807) is 12.1 Å². The van der Waals surface area contributed by atoms with Gasteiger partial charge in [-0.3, -0.25) is 9.59 Å². The Morgan fingerprint density at radius 1 is 0.774 bits per heavy atom. The number of hydrogen-bond donors (Lipinski definition) is 2. The Morgan fingerprint density at radius 2 is 1.29 bits per heavy atom. The average molecular weight is 417 g/mol. The van der Waals surface area contributed by atoms with Crippen LogP contribution in [0.4, 0.5) is 5.69 Å². The lowest BCUT2D eigenvalue weighted by atomic mass is 9.83. The van der Waals surface area contributed by atoms with Crippen molar-refractivity contribution in [3.05, 3.63) is 88.5 Å². The van der Waals surface area contributed by atoms with E-state index in [1.165, 1.54) is 24.3 Å². The highest BCUT2D eigenvalue weighted by atomic mass is 16.5. The number of phenolic OH excluding ortho intramolecular Hbond substituents is 2. The van der Waals surface area contributed by atoms with Gasteiger partial charge in [0, 0.05) is 46.9 Å². The molecule has 2 N–H and O–H groups in total. The number of phenols is 2. The molecule has 0 atom stereocenters. The fourth-order valence-electron chi connectivity index (χ4n) is 3.98. The number of morpholine rings is 1. The third kappa shape index (κ3) is 4.29. The van der Waals surface area contributed by atoms with Gasteiger partial charge in [0.25, 0.3) is 0 Å². The van der Waals surface area contributed by atoms with Gasteiger partial charge < -0.3 is 19.8 Å². The summed E-state index contributed by atoms with van der Waals surface area (Å²) in [7, 11) is 0. The van der Waals surface area contributed by atoms with Crippen molar-refractivity contribution in [2.45, 2.75) is 5.92 Å². The molecule has 1 aliphatic rings. The highest BCUT2D eigenvalue weighted by molar-refractivity contribution is 5.78. The highest BCUT2D eigenvalue weighted by Gasteiger charge is 2.24. The van der Waals surface area contributed by atoms with Crippen LogP contribution in [0.5, 0.6) is 11.5 Å². The summed E-state index contributed by atoms with van der Waals surface area (Å²) >= 11 is 0. The predicted octanol–water partition coefficient (Wildman–Crippen LogP) is 3.74. The summed E-state index contributed by atoms with van der Waals surface area (Å²) in [6.07, 6.45) is 1.42. The molecule has 31 heavy (non-hydrogen) atoms. The number of anilines is 1. The Hall–Kier alpha value is -3.64. The zero-order valence-electron chi connectivity index (χ0n) is 16.9. The van der Waals surface area contributed by atoms with E-state index in [-0.39, 0.29) is 11.5 Å². The molecule has 6 heteroatoms. The Bertz CT molecular complexity index is 1030. The number of ether oxygens (including phenoxy) is 1. The van der Waals surface area contributed by atoms with Gasteiger partial charge in [-0.2, -0.15) is 0 Å². The van der Waals surface area contributed by atoms with Crippen molar-refractivity contribution in [3.8, 4) is 11.5 Å². The van der Waals surface area contributed by atoms with E-state index >= 15 is 0 Å². The van der Waals surface area contributed by atoms with Crippen LogP contribution >= 0.6 is 0 Å². The van der Waals surface area contributed by atoms with Crippen LogP contribution in [-0.4, -0.2) is 49.1 Å². The summed E-state index contributed by atoms with van der Waals surface area (Å²) in [4.78, 5) is 25.0. The molecule has 0 radical (unpaired) electrons. The molecular formula is C25H23NO5. The van der Waals surface area contributed by atoms with Crippen molar-refractivity contribution in [2.75, 3.05) is 31.2 Å². The number of rotatable bonds is 6. The van der Waals surface area contributed by atoms with Gasteiger partial charge in [-0.05, 0) is 54.1 Å². The van der Waals surface area contributed by atoms with E-state index in [0.717, 1.165) is 24.3 Å². The third-order valence-electron chi connectivity index (χ3n) is 5.60. The monoisotopic (exact) mass is 417 g/mol. The number of hydrogen-bond acceptors (Lipinski definition) is 6. The second-order valence-corrected chi connectivity index (χ2v) is 7.50. The Morgan fingerprint density at radius 3 is 1.77 bits per heavy atom. The SMILES string of the molecule is O=Cc1ccc(O)c(C(c2ccc(N3CCOCC3)cc2)c2cc(C=O)ccc2O)c1. The molecule has 3 aromatic rings. The van der Waals surface area contributed by atoms with Gasteiger partial charge in [0.1, 0.15) is 24.1 Å². The molecule has 4 rings (SSSR count). The summed E-state index contributed by atoms with van der Waals surface area (Å²) < 4.78 is 5.41. The fourth-order valence-corrected chi connectivity index (χ4v) is 3.98. The zero-order valence-corrected chi connectivity index (χ0v) is 16.9. The van der Waals surface area contributed by atoms with Gasteiger partial charge in [-0.15, -0.1) is 0 Å². The first-order valence-electron chi connectivity index (χ1n) is 10.1. The molecule has 3 aromatic carbocycles. The van der Waals surface area contributed by atoms with Gasteiger partial charge in [-0.25, -0.2) is 0 Å². The molecule has 0 unspecified atom stereocenters. The normalized spacial score (nSPS) is 13.9. The number of carbonyl (C=O) groups excluding carboxylic acids is 2. The largest absolute Gasteiger partial charge is 0.508 e. The van der Waals surface area contributed by atoms with Crippen LogP contribution in [0, 0.1) is 0 Å². The van der Waals surface area contributed by atoms with Gasteiger partial charge >= 0.3 is 0 Å². The minimum absolute atomic E-state index is 0.00348. The second-order valence-electron chi connectivity index (χ2n) is 7.50. The van der Waals surface area contributed by atoms with Gasteiger partial charge in [0.15, 0.2) is 0 Å². The molecule has 0 bridgehead atoms. The maximum Gasteiger partial charge on any atom is 0.150 e. The number of aldehydes is 2. The number of carbonyl (C=O) groups is 2. The average Bonchev–Trinajstić information content (AvgIpc) is 2.82. The number of benzene rings is 3. The minimum atomic E-state index is -0.571. The standard InChI is InChI=1S/C25H23NO5/c27-15-17-1-7-23(29)21(13-17)25(22-14-18(16-28)2-8-24(22)30)19-3-5-20(6-4-19)26-9-11-31-12-10-26/h1-8,13-16,25,29-30H,9-12H2. The highest BCUT2D eigenvalue weighted by Crippen LogP contribution is 2.41. The topological polar surface area (TPSA) is 87.1 Å². The molecule has 0 spiro atoms. The van der Waals surface area contributed by atoms with E-state index in [0.29, 0.717) is 48.0 Å². The molecule has 0 aromatic heterocycles. The molecule has 0 aliphatic carbocycles. The minimum Gasteiger partial charge on any atom is -0.508 e. The maximum atomic E-state index is 11.4. The molecule has 1 heterocycles. The first-order chi connectivity index (χ1) is 15.1. The number of aromatic hydroxyl groups is 2. The van der Waals surface area contributed by atoms with E-state index < -0.39 is 5.92 Å². The summed E-state index contributed by atoms with van der Waals surface area (Å²) in [5.74, 6) is -0.564. The van der Waals surface area contributed by atoms with Crippen LogP contribution in [0.3, 0.4) is 0 Å². The first kappa shape index (κ1) is 20.6. The summed E-state index contributed by atoms with van der Waals surface area (Å²) in [6, 6.07) is 17.1. The first-order valence-corrected chi connectivity index (χ1v) is 10.1. The molecule has 6 nitrogen and oxygen atoms in total. The lowest BCUT2D eigenvalue weighted by Gasteiger charge is -2.29. The van der Waals surface area contributed by atoms with Crippen LogP contribution in [0.1, 0.15) is 43.3 Å². The summed E-state index contributed by atoms with van der Waals surface area (Å²) in [6.45, 7) is 2.99. The molecule has 1 aliphatic heterocycles. The van der Waals surface area contributed by atoms with Crippen molar-refractivity contribution in [1.29, 1.82) is 0 Å². The van der Waals surface area contributed by atoms with Gasteiger partial charge in [-0.1, -0.05) is 12.1 Å². The van der Waals surface area contributed by atoms with E-state index in [9.17, 15) is 19.8 Å². The molecule has 0 saturated carbocycles. The van der Waals surface area contributed by atoms with Crippen molar-refractivity contribution >= 4 is 18.3 Å². The smallest absolute Gasteiger partial charge is 0.150 e. The number of nitrogens with zero attached hydrogens (tertiary/aromatic N) is 1. The predicted molar refractivity (Wildman–Crippen MR) is 117 cm³/mol. The van der Waals surface area contributed by atoms with Gasteiger partial charge in [0.2, 0.25) is 0 Å². The van der Waals surface area contributed by atoms with Crippen LogP contribution in [-0.2, 0) is 4.74 Å². The van der Waals surface area contributed by atoms with Crippen molar-refractivity contribution in [2.24, 2.45) is 0 Å². The molecule has 158 valence electrons. The lowest BCUT2D eigenvalue weighted by molar-refractivity contribution is 0.111. The van der Waals surface area contributed by atoms with Gasteiger partial charge in [0.05, 0.1) is 13.2 Å². The quantitative estimate of drug-likeness (QED) is 0.469. The van der Waals surface area contributed by atoms with Crippen molar-refractivity contribution < 1.29 is 24.5 Å². The second kappa shape index (κ2) is 9.02. The van der Waals surface area contributed by atoms with E-state index in [1.807, 2.05) is 24.3 Å².